The number of aromatic amines is 1. The zero-order chi connectivity index (χ0) is 6.81. The van der Waals surface area contributed by atoms with E-state index in [9.17, 15) is 0 Å². The molecule has 0 atom stereocenters. The van der Waals surface area contributed by atoms with Gasteiger partial charge in [0.15, 0.2) is 0 Å². The fourth-order valence-electron chi connectivity index (χ4n) is 1.14. The molecule has 1 aromatic rings. The topological polar surface area (TPSA) is 15.8 Å². The molecule has 0 radical (unpaired) electrons. The highest BCUT2D eigenvalue weighted by molar-refractivity contribution is 5.64. The van der Waals surface area contributed by atoms with E-state index in [1.165, 1.54) is 11.3 Å². The van der Waals surface area contributed by atoms with Crippen LogP contribution in [0.4, 0.5) is 0 Å². The van der Waals surface area contributed by atoms with Gasteiger partial charge in [-0.15, -0.1) is 0 Å². The molecule has 1 aliphatic rings. The van der Waals surface area contributed by atoms with Crippen molar-refractivity contribution in [2.45, 2.75) is 6.42 Å². The molecule has 1 aliphatic carbocycles. The predicted octanol–water partition coefficient (Wildman–Crippen LogP) is 2.44. The summed E-state index contributed by atoms with van der Waals surface area (Å²) in [6, 6.07) is 2.08. The third-order valence-corrected chi connectivity index (χ3v) is 1.67. The Balaban J connectivity index is 2.56. The number of aromatic nitrogens is 1. The van der Waals surface area contributed by atoms with Crippen LogP contribution in [0, 0.1) is 0 Å². The first-order valence-corrected chi connectivity index (χ1v) is 3.47. The van der Waals surface area contributed by atoms with Crippen LogP contribution in [0.2, 0.25) is 0 Å². The second-order valence-electron chi connectivity index (χ2n) is 2.39. The van der Waals surface area contributed by atoms with E-state index in [2.05, 4.69) is 35.4 Å². The van der Waals surface area contributed by atoms with Gasteiger partial charge in [0.05, 0.1) is 0 Å². The minimum Gasteiger partial charge on any atom is -0.361 e. The summed E-state index contributed by atoms with van der Waals surface area (Å²) in [6.45, 7) is 0. The van der Waals surface area contributed by atoms with Crippen LogP contribution in [0.5, 0.6) is 0 Å². The second kappa shape index (κ2) is 2.18. The van der Waals surface area contributed by atoms with Crippen molar-refractivity contribution in [2.75, 3.05) is 0 Å². The molecule has 0 amide bonds. The first-order chi connectivity index (χ1) is 4.97. The fourth-order valence-corrected chi connectivity index (χ4v) is 1.14. The summed E-state index contributed by atoms with van der Waals surface area (Å²) < 4.78 is 0. The molecule has 50 valence electrons. The van der Waals surface area contributed by atoms with Gasteiger partial charge in [0.25, 0.3) is 0 Å². The normalized spacial score (nSPS) is 14.8. The smallest absolute Gasteiger partial charge is 0.0450 e. The maximum Gasteiger partial charge on any atom is 0.0450 e. The lowest BCUT2D eigenvalue weighted by atomic mass is 10.2. The van der Waals surface area contributed by atoms with Gasteiger partial charge in [-0.1, -0.05) is 18.2 Å². The second-order valence-corrected chi connectivity index (χ2v) is 2.39. The molecule has 10 heavy (non-hydrogen) atoms. The van der Waals surface area contributed by atoms with Gasteiger partial charge in [0, 0.05) is 11.9 Å². The molecule has 0 fully saturated rings. The van der Waals surface area contributed by atoms with E-state index in [-0.39, 0.29) is 0 Å². The van der Waals surface area contributed by atoms with Crippen molar-refractivity contribution >= 4 is 12.2 Å². The van der Waals surface area contributed by atoms with E-state index in [4.69, 9.17) is 0 Å². The standard InChI is InChI=1S/C9H9N/c1-2-4-8-6-7-10-9(8)5-3-1/h2-7,10H,1H2. The van der Waals surface area contributed by atoms with Crippen molar-refractivity contribution in [3.05, 3.63) is 35.7 Å². The van der Waals surface area contributed by atoms with Crippen LogP contribution in [-0.2, 0) is 0 Å². The van der Waals surface area contributed by atoms with Crippen LogP contribution in [0.25, 0.3) is 12.2 Å². The number of rotatable bonds is 0. The molecule has 0 aliphatic heterocycles. The lowest BCUT2D eigenvalue weighted by molar-refractivity contribution is 1.36. The van der Waals surface area contributed by atoms with Crippen LogP contribution >= 0.6 is 0 Å². The maximum atomic E-state index is 3.16. The number of hydrogen-bond donors (Lipinski definition) is 1. The lowest BCUT2D eigenvalue weighted by Gasteiger charge is -1.86. The molecule has 2 rings (SSSR count). The molecule has 0 saturated carbocycles. The Morgan fingerprint density at radius 1 is 1.20 bits per heavy atom. The third kappa shape index (κ3) is 0.798. The number of allylic oxidation sites excluding steroid dienone is 2. The maximum absolute atomic E-state index is 3.16. The molecule has 0 unspecified atom stereocenters. The average Bonchev–Trinajstić information content (AvgIpc) is 2.28. The summed E-state index contributed by atoms with van der Waals surface area (Å²) in [5.41, 5.74) is 2.50. The molecule has 1 heterocycles. The predicted molar refractivity (Wildman–Crippen MR) is 43.5 cm³/mol. The summed E-state index contributed by atoms with van der Waals surface area (Å²) in [4.78, 5) is 3.16. The van der Waals surface area contributed by atoms with Gasteiger partial charge in [0.1, 0.15) is 0 Å². The summed E-state index contributed by atoms with van der Waals surface area (Å²) in [5, 5.41) is 0. The third-order valence-electron chi connectivity index (χ3n) is 1.67. The Labute approximate surface area is 60.1 Å². The molecule has 1 heteroatoms. The SMILES string of the molecule is C1=Cc2cc[nH]c2C=CC1. The van der Waals surface area contributed by atoms with Crippen molar-refractivity contribution in [3.63, 3.8) is 0 Å². The zero-order valence-electron chi connectivity index (χ0n) is 5.67. The van der Waals surface area contributed by atoms with E-state index < -0.39 is 0 Å². The van der Waals surface area contributed by atoms with E-state index in [0.29, 0.717) is 0 Å². The molecule has 0 spiro atoms. The van der Waals surface area contributed by atoms with Gasteiger partial charge in [-0.2, -0.15) is 0 Å². The zero-order valence-corrected chi connectivity index (χ0v) is 5.67. The summed E-state index contributed by atoms with van der Waals surface area (Å²) in [6.07, 6.45) is 11.6. The molecule has 0 aromatic carbocycles. The summed E-state index contributed by atoms with van der Waals surface area (Å²) in [5.74, 6) is 0. The first kappa shape index (κ1) is 5.54. The molecular formula is C9H9N. The summed E-state index contributed by atoms with van der Waals surface area (Å²) in [7, 11) is 0. The Morgan fingerprint density at radius 2 is 2.10 bits per heavy atom. The van der Waals surface area contributed by atoms with E-state index in [1.807, 2.05) is 6.20 Å². The Kier molecular flexibility index (Phi) is 1.21. The number of nitrogens with one attached hydrogen (secondary N) is 1. The minimum atomic E-state index is 1.04. The molecule has 1 aromatic heterocycles. The van der Waals surface area contributed by atoms with Gasteiger partial charge in [0.2, 0.25) is 0 Å². The lowest BCUT2D eigenvalue weighted by Crippen LogP contribution is -1.71. The van der Waals surface area contributed by atoms with E-state index in [0.717, 1.165) is 6.42 Å². The first-order valence-electron chi connectivity index (χ1n) is 3.47. The van der Waals surface area contributed by atoms with Gasteiger partial charge < -0.3 is 4.98 Å². The van der Waals surface area contributed by atoms with Crippen molar-refractivity contribution in [1.82, 2.24) is 4.98 Å². The highest BCUT2D eigenvalue weighted by Crippen LogP contribution is 2.14. The molecular weight excluding hydrogens is 122 g/mol. The Morgan fingerprint density at radius 3 is 3.10 bits per heavy atom. The van der Waals surface area contributed by atoms with Crippen molar-refractivity contribution in [3.8, 4) is 0 Å². The van der Waals surface area contributed by atoms with Gasteiger partial charge in [-0.05, 0) is 24.1 Å². The van der Waals surface area contributed by atoms with Crippen LogP contribution in [-0.4, -0.2) is 4.98 Å². The van der Waals surface area contributed by atoms with Gasteiger partial charge in [-0.25, -0.2) is 0 Å². The fraction of sp³-hybridized carbons (Fsp3) is 0.111. The molecule has 1 nitrogen and oxygen atoms in total. The molecule has 1 N–H and O–H groups in total. The Bertz CT molecular complexity index is 252. The largest absolute Gasteiger partial charge is 0.361 e. The summed E-state index contributed by atoms with van der Waals surface area (Å²) >= 11 is 0. The van der Waals surface area contributed by atoms with E-state index >= 15 is 0 Å². The van der Waals surface area contributed by atoms with Crippen LogP contribution in [0.1, 0.15) is 17.7 Å². The number of H-pyrrole nitrogens is 1. The van der Waals surface area contributed by atoms with Crippen LogP contribution in [0.15, 0.2) is 24.4 Å². The van der Waals surface area contributed by atoms with Crippen LogP contribution < -0.4 is 0 Å². The molecule has 0 saturated heterocycles. The Hall–Kier alpha value is -1.24. The minimum absolute atomic E-state index is 1.04. The van der Waals surface area contributed by atoms with Gasteiger partial charge in [-0.3, -0.25) is 0 Å². The quantitative estimate of drug-likeness (QED) is 0.556. The highest BCUT2D eigenvalue weighted by atomic mass is 14.7. The molecule has 0 bridgehead atoms. The number of fused-ring (bicyclic) bond motifs is 1. The monoisotopic (exact) mass is 131 g/mol. The average molecular weight is 131 g/mol. The van der Waals surface area contributed by atoms with E-state index in [1.54, 1.807) is 0 Å². The number of hydrogen-bond acceptors (Lipinski definition) is 0. The van der Waals surface area contributed by atoms with Crippen molar-refractivity contribution in [2.24, 2.45) is 0 Å². The van der Waals surface area contributed by atoms with Crippen LogP contribution in [0.3, 0.4) is 0 Å². The van der Waals surface area contributed by atoms with Crippen molar-refractivity contribution < 1.29 is 0 Å². The van der Waals surface area contributed by atoms with Crippen molar-refractivity contribution in [1.29, 1.82) is 0 Å². The highest BCUT2D eigenvalue weighted by Gasteiger charge is 1.96. The van der Waals surface area contributed by atoms with Gasteiger partial charge >= 0.3 is 0 Å².